The Labute approximate surface area is 83.3 Å². The summed E-state index contributed by atoms with van der Waals surface area (Å²) in [4.78, 5) is 0. The maximum Gasteiger partial charge on any atom is 0.0178 e. The Morgan fingerprint density at radius 1 is 1.23 bits per heavy atom. The topological polar surface area (TPSA) is 12.0 Å². The summed E-state index contributed by atoms with van der Waals surface area (Å²) >= 11 is 0. The average molecular weight is 183 g/mol. The van der Waals surface area contributed by atoms with Crippen molar-refractivity contribution in [3.63, 3.8) is 0 Å². The van der Waals surface area contributed by atoms with Crippen molar-refractivity contribution in [1.82, 2.24) is 5.32 Å². The zero-order valence-electron chi connectivity index (χ0n) is 9.85. The molecule has 1 aliphatic heterocycles. The van der Waals surface area contributed by atoms with Crippen molar-refractivity contribution >= 4 is 0 Å². The van der Waals surface area contributed by atoms with Crippen molar-refractivity contribution in [2.45, 2.75) is 65.5 Å². The standard InChI is InChI=1S/C12H25N/c1-9(2)11-7-6-8-12(5,13-11)10(3)4/h9-11,13H,6-8H2,1-5H3. The molecule has 0 saturated carbocycles. The van der Waals surface area contributed by atoms with Crippen LogP contribution in [0.3, 0.4) is 0 Å². The number of nitrogens with one attached hydrogen (secondary N) is 1. The van der Waals surface area contributed by atoms with Gasteiger partial charge in [0.15, 0.2) is 0 Å². The van der Waals surface area contributed by atoms with Crippen LogP contribution in [-0.4, -0.2) is 11.6 Å². The molecule has 0 aliphatic carbocycles. The molecule has 0 aromatic heterocycles. The molecule has 0 spiro atoms. The maximum absolute atomic E-state index is 3.83. The van der Waals surface area contributed by atoms with E-state index in [1.807, 2.05) is 0 Å². The van der Waals surface area contributed by atoms with E-state index in [1.54, 1.807) is 0 Å². The van der Waals surface area contributed by atoms with E-state index in [0.29, 0.717) is 5.54 Å². The Hall–Kier alpha value is -0.0400. The van der Waals surface area contributed by atoms with Gasteiger partial charge >= 0.3 is 0 Å². The van der Waals surface area contributed by atoms with Crippen LogP contribution < -0.4 is 5.32 Å². The minimum absolute atomic E-state index is 0.382. The van der Waals surface area contributed by atoms with Crippen LogP contribution in [0.4, 0.5) is 0 Å². The summed E-state index contributed by atoms with van der Waals surface area (Å²) < 4.78 is 0. The second-order valence-corrected chi connectivity index (χ2v) is 5.46. The molecule has 0 aromatic carbocycles. The molecule has 78 valence electrons. The molecule has 2 atom stereocenters. The third kappa shape index (κ3) is 2.46. The molecule has 1 heterocycles. The van der Waals surface area contributed by atoms with Crippen LogP contribution in [0.1, 0.15) is 53.9 Å². The average Bonchev–Trinajstić information content (AvgIpc) is 2.04. The number of rotatable bonds is 2. The van der Waals surface area contributed by atoms with Crippen LogP contribution >= 0.6 is 0 Å². The number of piperidine rings is 1. The summed E-state index contributed by atoms with van der Waals surface area (Å²) in [5.74, 6) is 1.52. The molecule has 1 rings (SSSR count). The van der Waals surface area contributed by atoms with E-state index in [-0.39, 0.29) is 0 Å². The van der Waals surface area contributed by atoms with Crippen LogP contribution in [0.15, 0.2) is 0 Å². The van der Waals surface area contributed by atoms with Gasteiger partial charge in [-0.3, -0.25) is 0 Å². The van der Waals surface area contributed by atoms with E-state index in [4.69, 9.17) is 0 Å². The van der Waals surface area contributed by atoms with Gasteiger partial charge in [-0.1, -0.05) is 34.1 Å². The molecule has 2 unspecified atom stereocenters. The summed E-state index contributed by atoms with van der Waals surface area (Å²) in [5.41, 5.74) is 0.382. The Bertz CT molecular complexity index is 163. The van der Waals surface area contributed by atoms with E-state index in [9.17, 15) is 0 Å². The van der Waals surface area contributed by atoms with Crippen molar-refractivity contribution in [3.8, 4) is 0 Å². The smallest absolute Gasteiger partial charge is 0.0178 e. The lowest BCUT2D eigenvalue weighted by atomic mass is 9.77. The number of hydrogen-bond donors (Lipinski definition) is 1. The van der Waals surface area contributed by atoms with Gasteiger partial charge in [0.25, 0.3) is 0 Å². The second-order valence-electron chi connectivity index (χ2n) is 5.46. The van der Waals surface area contributed by atoms with Crippen molar-refractivity contribution in [1.29, 1.82) is 0 Å². The fourth-order valence-corrected chi connectivity index (χ4v) is 2.21. The van der Waals surface area contributed by atoms with Gasteiger partial charge in [0.1, 0.15) is 0 Å². The first kappa shape index (κ1) is 11.0. The maximum atomic E-state index is 3.83. The highest BCUT2D eigenvalue weighted by atomic mass is 15.0. The molecular formula is C12H25N. The lowest BCUT2D eigenvalue weighted by Gasteiger charge is -2.44. The zero-order valence-corrected chi connectivity index (χ0v) is 9.85. The Morgan fingerprint density at radius 2 is 1.85 bits per heavy atom. The van der Waals surface area contributed by atoms with Crippen LogP contribution in [0.25, 0.3) is 0 Å². The van der Waals surface area contributed by atoms with Crippen LogP contribution in [0.5, 0.6) is 0 Å². The SMILES string of the molecule is CC(C)C1CCCC(C)(C(C)C)N1. The monoisotopic (exact) mass is 183 g/mol. The third-order valence-electron chi connectivity index (χ3n) is 3.81. The van der Waals surface area contributed by atoms with Gasteiger partial charge in [-0.15, -0.1) is 0 Å². The molecule has 0 aromatic rings. The predicted octanol–water partition coefficient (Wildman–Crippen LogP) is 3.20. The van der Waals surface area contributed by atoms with Crippen molar-refractivity contribution < 1.29 is 0 Å². The van der Waals surface area contributed by atoms with Gasteiger partial charge in [-0.05, 0) is 31.6 Å². The van der Waals surface area contributed by atoms with Gasteiger partial charge in [-0.25, -0.2) is 0 Å². The summed E-state index contributed by atoms with van der Waals surface area (Å²) in [7, 11) is 0. The first-order valence-electron chi connectivity index (χ1n) is 5.73. The van der Waals surface area contributed by atoms with E-state index >= 15 is 0 Å². The quantitative estimate of drug-likeness (QED) is 0.693. The highest BCUT2D eigenvalue weighted by Crippen LogP contribution is 2.30. The summed E-state index contributed by atoms with van der Waals surface area (Å²) in [6, 6.07) is 0.737. The lowest BCUT2D eigenvalue weighted by molar-refractivity contribution is 0.145. The molecule has 1 saturated heterocycles. The summed E-state index contributed by atoms with van der Waals surface area (Å²) in [6.45, 7) is 11.7. The molecule has 0 radical (unpaired) electrons. The van der Waals surface area contributed by atoms with E-state index in [2.05, 4.69) is 39.9 Å². The molecule has 0 bridgehead atoms. The zero-order chi connectivity index (χ0) is 10.1. The van der Waals surface area contributed by atoms with Gasteiger partial charge in [0.2, 0.25) is 0 Å². The predicted molar refractivity (Wildman–Crippen MR) is 58.9 cm³/mol. The molecule has 1 fully saturated rings. The minimum Gasteiger partial charge on any atom is -0.308 e. The molecular weight excluding hydrogens is 158 g/mol. The minimum atomic E-state index is 0.382. The molecule has 1 heteroatoms. The largest absolute Gasteiger partial charge is 0.308 e. The Balaban J connectivity index is 2.60. The van der Waals surface area contributed by atoms with E-state index in [1.165, 1.54) is 19.3 Å². The first-order chi connectivity index (χ1) is 5.96. The first-order valence-corrected chi connectivity index (χ1v) is 5.73. The number of hydrogen-bond acceptors (Lipinski definition) is 1. The van der Waals surface area contributed by atoms with Crippen molar-refractivity contribution in [2.24, 2.45) is 11.8 Å². The van der Waals surface area contributed by atoms with E-state index in [0.717, 1.165) is 17.9 Å². The lowest BCUT2D eigenvalue weighted by Crippen LogP contribution is -2.56. The highest BCUT2D eigenvalue weighted by molar-refractivity contribution is 4.94. The van der Waals surface area contributed by atoms with Crippen LogP contribution in [0, 0.1) is 11.8 Å². The molecule has 1 nitrogen and oxygen atoms in total. The summed E-state index contributed by atoms with van der Waals surface area (Å²) in [6.07, 6.45) is 4.10. The van der Waals surface area contributed by atoms with Crippen LogP contribution in [-0.2, 0) is 0 Å². The molecule has 1 N–H and O–H groups in total. The van der Waals surface area contributed by atoms with E-state index < -0.39 is 0 Å². The van der Waals surface area contributed by atoms with Gasteiger partial charge < -0.3 is 5.32 Å². The van der Waals surface area contributed by atoms with Gasteiger partial charge in [0.05, 0.1) is 0 Å². The van der Waals surface area contributed by atoms with Gasteiger partial charge in [-0.2, -0.15) is 0 Å². The Kier molecular flexibility index (Phi) is 3.39. The van der Waals surface area contributed by atoms with Crippen LogP contribution in [0.2, 0.25) is 0 Å². The fraction of sp³-hybridized carbons (Fsp3) is 1.00. The van der Waals surface area contributed by atoms with Crippen molar-refractivity contribution in [2.75, 3.05) is 0 Å². The van der Waals surface area contributed by atoms with Crippen molar-refractivity contribution in [3.05, 3.63) is 0 Å². The molecule has 13 heavy (non-hydrogen) atoms. The fourth-order valence-electron chi connectivity index (χ4n) is 2.21. The molecule has 1 aliphatic rings. The Morgan fingerprint density at radius 3 is 2.31 bits per heavy atom. The third-order valence-corrected chi connectivity index (χ3v) is 3.81. The van der Waals surface area contributed by atoms with Gasteiger partial charge in [0, 0.05) is 11.6 Å². The summed E-state index contributed by atoms with van der Waals surface area (Å²) in [5, 5.41) is 3.83. The second kappa shape index (κ2) is 4.00. The molecule has 0 amide bonds. The highest BCUT2D eigenvalue weighted by Gasteiger charge is 2.34. The normalized spacial score (nSPS) is 35.8.